The van der Waals surface area contributed by atoms with Crippen molar-refractivity contribution in [1.29, 1.82) is 0 Å². The summed E-state index contributed by atoms with van der Waals surface area (Å²) in [7, 11) is 0. The fourth-order valence-corrected chi connectivity index (χ4v) is 2.22. The van der Waals surface area contributed by atoms with E-state index in [-0.39, 0.29) is 5.91 Å². The van der Waals surface area contributed by atoms with Gasteiger partial charge in [-0.1, -0.05) is 37.3 Å². The van der Waals surface area contributed by atoms with Gasteiger partial charge in [-0.05, 0) is 32.4 Å². The van der Waals surface area contributed by atoms with Gasteiger partial charge in [-0.3, -0.25) is 9.78 Å². The number of carbonyl (C=O) groups excluding carboxylic acids is 2. The molecule has 1 aromatic heterocycles. The van der Waals surface area contributed by atoms with E-state index in [2.05, 4.69) is 10.3 Å². The van der Waals surface area contributed by atoms with Crippen molar-refractivity contribution in [3.63, 3.8) is 0 Å². The Labute approximate surface area is 142 Å². The van der Waals surface area contributed by atoms with Crippen molar-refractivity contribution in [2.24, 2.45) is 0 Å². The molecule has 2 rings (SSSR count). The van der Waals surface area contributed by atoms with E-state index < -0.39 is 12.1 Å². The lowest BCUT2D eigenvalue weighted by molar-refractivity contribution is -0.129. The molecule has 0 spiro atoms. The molecule has 1 amide bonds. The number of carbonyl (C=O) groups is 2. The Bertz CT molecular complexity index is 714. The highest BCUT2D eigenvalue weighted by Crippen LogP contribution is 2.19. The number of ether oxygens (including phenoxy) is 1. The molecule has 24 heavy (non-hydrogen) atoms. The largest absolute Gasteiger partial charge is 0.449 e. The lowest BCUT2D eigenvalue weighted by atomic mass is 10.1. The van der Waals surface area contributed by atoms with Gasteiger partial charge >= 0.3 is 5.97 Å². The van der Waals surface area contributed by atoms with Gasteiger partial charge in [0.05, 0.1) is 17.0 Å². The number of nitrogens with zero attached hydrogens (tertiary/aromatic N) is 1. The summed E-state index contributed by atoms with van der Waals surface area (Å²) in [6.45, 7) is 5.84. The normalized spacial score (nSPS) is 11.6. The molecule has 1 heterocycles. The molecule has 0 fully saturated rings. The van der Waals surface area contributed by atoms with Crippen molar-refractivity contribution in [1.82, 2.24) is 10.3 Å². The molecule has 5 nitrogen and oxygen atoms in total. The first-order chi connectivity index (χ1) is 11.5. The van der Waals surface area contributed by atoms with Crippen molar-refractivity contribution in [2.45, 2.75) is 33.3 Å². The zero-order valence-electron chi connectivity index (χ0n) is 14.2. The highest BCUT2D eigenvalue weighted by Gasteiger charge is 2.20. The molecular weight excluding hydrogens is 304 g/mol. The molecule has 1 N–H and O–H groups in total. The topological polar surface area (TPSA) is 68.3 Å². The second-order valence-corrected chi connectivity index (χ2v) is 5.53. The lowest BCUT2D eigenvalue weighted by Crippen LogP contribution is -2.36. The van der Waals surface area contributed by atoms with Gasteiger partial charge in [-0.25, -0.2) is 4.79 Å². The fraction of sp³-hybridized carbons (Fsp3) is 0.316. The van der Waals surface area contributed by atoms with Gasteiger partial charge in [-0.2, -0.15) is 0 Å². The van der Waals surface area contributed by atoms with Crippen LogP contribution in [0.5, 0.6) is 0 Å². The first-order valence-electron chi connectivity index (χ1n) is 8.04. The summed E-state index contributed by atoms with van der Waals surface area (Å²) in [5, 5.41) is 2.70. The highest BCUT2D eigenvalue weighted by molar-refractivity contribution is 5.93. The maximum atomic E-state index is 12.3. The third kappa shape index (κ3) is 4.41. The highest BCUT2D eigenvalue weighted by atomic mass is 16.5. The molecule has 2 aromatic rings. The van der Waals surface area contributed by atoms with Crippen LogP contribution in [0.4, 0.5) is 0 Å². The van der Waals surface area contributed by atoms with Crippen LogP contribution in [0.15, 0.2) is 42.5 Å². The number of hydrogen-bond donors (Lipinski definition) is 1. The van der Waals surface area contributed by atoms with Crippen LogP contribution in [0.3, 0.4) is 0 Å². The quantitative estimate of drug-likeness (QED) is 0.828. The van der Waals surface area contributed by atoms with Crippen LogP contribution >= 0.6 is 0 Å². The van der Waals surface area contributed by atoms with Crippen molar-refractivity contribution in [3.05, 3.63) is 53.7 Å². The molecule has 0 bridgehead atoms. The molecule has 1 atom stereocenters. The maximum Gasteiger partial charge on any atom is 0.340 e. The summed E-state index contributed by atoms with van der Waals surface area (Å²) >= 11 is 0. The van der Waals surface area contributed by atoms with E-state index in [1.54, 1.807) is 26.0 Å². The fourth-order valence-electron chi connectivity index (χ4n) is 2.22. The van der Waals surface area contributed by atoms with Crippen molar-refractivity contribution < 1.29 is 14.3 Å². The van der Waals surface area contributed by atoms with E-state index in [1.807, 2.05) is 37.3 Å². The Morgan fingerprint density at radius 3 is 2.50 bits per heavy atom. The lowest BCUT2D eigenvalue weighted by Gasteiger charge is -2.14. The standard InChI is InChI=1S/C19H22N2O3/c1-4-12-20-18(22)14(3)24-19(23)16-10-11-17(21-13(16)2)15-8-6-5-7-9-15/h5-11,14H,4,12H2,1-3H3,(H,20,22). The van der Waals surface area contributed by atoms with Gasteiger partial charge in [-0.15, -0.1) is 0 Å². The third-order valence-electron chi connectivity index (χ3n) is 3.58. The van der Waals surface area contributed by atoms with E-state index in [0.29, 0.717) is 17.8 Å². The summed E-state index contributed by atoms with van der Waals surface area (Å²) in [5.41, 5.74) is 2.71. The molecule has 0 aliphatic heterocycles. The van der Waals surface area contributed by atoms with Gasteiger partial charge in [0.1, 0.15) is 0 Å². The number of amides is 1. The average Bonchev–Trinajstić information content (AvgIpc) is 2.60. The third-order valence-corrected chi connectivity index (χ3v) is 3.58. The van der Waals surface area contributed by atoms with Crippen molar-refractivity contribution in [3.8, 4) is 11.3 Å². The summed E-state index contributed by atoms with van der Waals surface area (Å²) in [6.07, 6.45) is -0.00614. The minimum Gasteiger partial charge on any atom is -0.449 e. The zero-order valence-corrected chi connectivity index (χ0v) is 14.2. The van der Waals surface area contributed by atoms with Crippen LogP contribution in [-0.2, 0) is 9.53 Å². The van der Waals surface area contributed by atoms with Crippen LogP contribution < -0.4 is 5.32 Å². The molecule has 0 aliphatic rings. The molecule has 0 saturated carbocycles. The summed E-state index contributed by atoms with van der Waals surface area (Å²) in [6, 6.07) is 13.2. The SMILES string of the molecule is CCCNC(=O)C(C)OC(=O)c1ccc(-c2ccccc2)nc1C. The molecule has 0 radical (unpaired) electrons. The smallest absolute Gasteiger partial charge is 0.340 e. The monoisotopic (exact) mass is 326 g/mol. The van der Waals surface area contributed by atoms with Gasteiger partial charge in [0.15, 0.2) is 6.10 Å². The van der Waals surface area contributed by atoms with Crippen LogP contribution in [-0.4, -0.2) is 29.5 Å². The average molecular weight is 326 g/mol. The number of rotatable bonds is 6. The molecule has 1 aromatic carbocycles. The van der Waals surface area contributed by atoms with Crippen LogP contribution in [0.2, 0.25) is 0 Å². The predicted octanol–water partition coefficient (Wildman–Crippen LogP) is 3.13. The van der Waals surface area contributed by atoms with Gasteiger partial charge < -0.3 is 10.1 Å². The Morgan fingerprint density at radius 2 is 1.88 bits per heavy atom. The van der Waals surface area contributed by atoms with Crippen molar-refractivity contribution in [2.75, 3.05) is 6.54 Å². The molecular formula is C19H22N2O3. The van der Waals surface area contributed by atoms with E-state index in [1.165, 1.54) is 0 Å². The van der Waals surface area contributed by atoms with Gasteiger partial charge in [0.2, 0.25) is 0 Å². The first kappa shape index (κ1) is 17.7. The van der Waals surface area contributed by atoms with Gasteiger partial charge in [0.25, 0.3) is 5.91 Å². The van der Waals surface area contributed by atoms with E-state index in [9.17, 15) is 9.59 Å². The summed E-state index contributed by atoms with van der Waals surface area (Å²) in [4.78, 5) is 28.5. The van der Waals surface area contributed by atoms with E-state index in [0.717, 1.165) is 17.7 Å². The number of esters is 1. The Hall–Kier alpha value is -2.69. The maximum absolute atomic E-state index is 12.3. The minimum atomic E-state index is -0.836. The van der Waals surface area contributed by atoms with Crippen molar-refractivity contribution >= 4 is 11.9 Å². The van der Waals surface area contributed by atoms with E-state index in [4.69, 9.17) is 4.74 Å². The van der Waals surface area contributed by atoms with Crippen LogP contribution in [0.25, 0.3) is 11.3 Å². The number of benzene rings is 1. The molecule has 5 heteroatoms. The Balaban J connectivity index is 2.09. The van der Waals surface area contributed by atoms with E-state index >= 15 is 0 Å². The number of pyridine rings is 1. The minimum absolute atomic E-state index is 0.295. The number of aromatic nitrogens is 1. The van der Waals surface area contributed by atoms with Crippen LogP contribution in [0, 0.1) is 6.92 Å². The molecule has 1 unspecified atom stereocenters. The zero-order chi connectivity index (χ0) is 17.5. The molecule has 0 saturated heterocycles. The van der Waals surface area contributed by atoms with Crippen LogP contribution in [0.1, 0.15) is 36.3 Å². The molecule has 126 valence electrons. The summed E-state index contributed by atoms with van der Waals surface area (Å²) < 4.78 is 5.23. The van der Waals surface area contributed by atoms with Gasteiger partial charge in [0, 0.05) is 12.1 Å². The number of hydrogen-bond acceptors (Lipinski definition) is 4. The molecule has 0 aliphatic carbocycles. The second-order valence-electron chi connectivity index (χ2n) is 5.53. The predicted molar refractivity (Wildman–Crippen MR) is 92.6 cm³/mol. The number of nitrogens with one attached hydrogen (secondary N) is 1. The first-order valence-corrected chi connectivity index (χ1v) is 8.04. The Morgan fingerprint density at radius 1 is 1.17 bits per heavy atom. The second kappa shape index (κ2) is 8.24. The summed E-state index contributed by atoms with van der Waals surface area (Å²) in [5.74, 6) is -0.838. The number of aryl methyl sites for hydroxylation is 1. The Kier molecular flexibility index (Phi) is 6.07.